The second-order valence-corrected chi connectivity index (χ2v) is 7.09. The highest BCUT2D eigenvalue weighted by atomic mass is 79.9. The third kappa shape index (κ3) is 3.82. The van der Waals surface area contributed by atoms with Gasteiger partial charge in [-0.2, -0.15) is 0 Å². The van der Waals surface area contributed by atoms with Crippen molar-refractivity contribution in [2.75, 3.05) is 14.2 Å². The molecule has 1 N–H and O–H groups in total. The molecule has 1 heterocycles. The summed E-state index contributed by atoms with van der Waals surface area (Å²) in [5, 5.41) is 10.3. The van der Waals surface area contributed by atoms with Crippen LogP contribution in [0, 0.1) is 0 Å². The van der Waals surface area contributed by atoms with Gasteiger partial charge in [-0.3, -0.25) is 4.99 Å². The van der Waals surface area contributed by atoms with Gasteiger partial charge < -0.3 is 19.0 Å². The number of ether oxygens (including phenoxy) is 2. The van der Waals surface area contributed by atoms with Crippen molar-refractivity contribution in [3.63, 3.8) is 0 Å². The number of aromatic nitrogens is 1. The van der Waals surface area contributed by atoms with Crippen molar-refractivity contribution in [2.24, 2.45) is 4.99 Å². The highest BCUT2D eigenvalue weighted by Gasteiger charge is 2.12. The van der Waals surface area contributed by atoms with Crippen LogP contribution in [-0.2, 0) is 0 Å². The number of phenols is 1. The first kappa shape index (κ1) is 19.0. The van der Waals surface area contributed by atoms with E-state index >= 15 is 0 Å². The van der Waals surface area contributed by atoms with Crippen LogP contribution < -0.4 is 9.47 Å². The van der Waals surface area contributed by atoms with Gasteiger partial charge in [0.05, 0.1) is 14.2 Å². The van der Waals surface area contributed by atoms with E-state index in [1.807, 2.05) is 36.4 Å². The van der Waals surface area contributed by atoms with Crippen molar-refractivity contribution in [1.29, 1.82) is 0 Å². The number of hydrogen-bond donors (Lipinski definition) is 1. The van der Waals surface area contributed by atoms with Gasteiger partial charge in [-0.15, -0.1) is 0 Å². The second kappa shape index (κ2) is 7.97. The Morgan fingerprint density at radius 3 is 2.59 bits per heavy atom. The summed E-state index contributed by atoms with van der Waals surface area (Å²) in [6.45, 7) is 0. The van der Waals surface area contributed by atoms with Crippen LogP contribution in [0.5, 0.6) is 17.2 Å². The molecule has 0 aliphatic carbocycles. The zero-order valence-electron chi connectivity index (χ0n) is 15.7. The van der Waals surface area contributed by atoms with Crippen molar-refractivity contribution in [3.8, 4) is 28.7 Å². The number of rotatable bonds is 5. The standard InChI is InChI=1S/C22H17BrN2O4/c1-27-18-8-7-13(22-25-16-5-3-4-6-19(16)29-22)10-17(18)24-12-14-9-15(23)11-20(28-2)21(14)26/h3-12,26H,1-2H3. The van der Waals surface area contributed by atoms with Crippen molar-refractivity contribution in [3.05, 3.63) is 64.6 Å². The lowest BCUT2D eigenvalue weighted by molar-refractivity contribution is 0.373. The van der Waals surface area contributed by atoms with E-state index in [0.29, 0.717) is 28.6 Å². The molecule has 146 valence electrons. The SMILES string of the molecule is COc1ccc(-c2nc3ccccc3o2)cc1N=Cc1cc(Br)cc(OC)c1O. The molecular weight excluding hydrogens is 436 g/mol. The Bertz CT molecular complexity index is 1180. The number of methoxy groups -OCH3 is 2. The molecule has 1 aromatic heterocycles. The van der Waals surface area contributed by atoms with Gasteiger partial charge in [0, 0.05) is 21.8 Å². The molecule has 6 nitrogen and oxygen atoms in total. The number of phenolic OH excluding ortho intramolecular Hbond substituents is 1. The highest BCUT2D eigenvalue weighted by Crippen LogP contribution is 2.36. The largest absolute Gasteiger partial charge is 0.504 e. The van der Waals surface area contributed by atoms with E-state index in [9.17, 15) is 5.11 Å². The first-order valence-corrected chi connectivity index (χ1v) is 9.53. The summed E-state index contributed by atoms with van der Waals surface area (Å²) in [6.07, 6.45) is 1.55. The van der Waals surface area contributed by atoms with Crippen LogP contribution in [-0.4, -0.2) is 30.5 Å². The average Bonchev–Trinajstić information content (AvgIpc) is 3.18. The first-order chi connectivity index (χ1) is 14.1. The van der Waals surface area contributed by atoms with Crippen LogP contribution in [0.4, 0.5) is 5.69 Å². The van der Waals surface area contributed by atoms with Gasteiger partial charge in [-0.1, -0.05) is 28.1 Å². The molecule has 0 atom stereocenters. The van der Waals surface area contributed by atoms with Crippen molar-refractivity contribution in [2.45, 2.75) is 0 Å². The quantitative estimate of drug-likeness (QED) is 0.391. The normalized spacial score (nSPS) is 11.3. The molecule has 0 saturated carbocycles. The Labute approximate surface area is 175 Å². The van der Waals surface area contributed by atoms with E-state index in [2.05, 4.69) is 25.9 Å². The number of hydrogen-bond acceptors (Lipinski definition) is 6. The number of benzene rings is 3. The molecule has 3 aromatic carbocycles. The predicted molar refractivity (Wildman–Crippen MR) is 116 cm³/mol. The fourth-order valence-electron chi connectivity index (χ4n) is 2.91. The molecule has 0 fully saturated rings. The maximum Gasteiger partial charge on any atom is 0.227 e. The minimum Gasteiger partial charge on any atom is -0.504 e. The van der Waals surface area contributed by atoms with E-state index in [0.717, 1.165) is 21.1 Å². The fraction of sp³-hybridized carbons (Fsp3) is 0.0909. The Morgan fingerprint density at radius 1 is 1.03 bits per heavy atom. The Kier molecular flexibility index (Phi) is 5.22. The summed E-state index contributed by atoms with van der Waals surface area (Å²) in [5.74, 6) is 1.45. The van der Waals surface area contributed by atoms with Crippen LogP contribution in [0.25, 0.3) is 22.6 Å². The third-order valence-electron chi connectivity index (χ3n) is 4.35. The van der Waals surface area contributed by atoms with Crippen molar-refractivity contribution >= 4 is 38.9 Å². The molecule has 29 heavy (non-hydrogen) atoms. The maximum atomic E-state index is 10.3. The molecule has 7 heteroatoms. The van der Waals surface area contributed by atoms with Gasteiger partial charge in [-0.25, -0.2) is 4.98 Å². The summed E-state index contributed by atoms with van der Waals surface area (Å²) in [7, 11) is 3.07. The van der Waals surface area contributed by atoms with E-state index in [1.54, 1.807) is 31.5 Å². The number of halogens is 1. The minimum absolute atomic E-state index is 0.00789. The summed E-state index contributed by atoms with van der Waals surface area (Å²) in [6, 6.07) is 16.5. The predicted octanol–water partition coefficient (Wildman–Crippen LogP) is 5.73. The van der Waals surface area contributed by atoms with Gasteiger partial charge in [-0.05, 0) is 42.5 Å². The van der Waals surface area contributed by atoms with Gasteiger partial charge in [0.25, 0.3) is 0 Å². The van der Waals surface area contributed by atoms with Crippen LogP contribution >= 0.6 is 15.9 Å². The molecule has 4 rings (SSSR count). The van der Waals surface area contributed by atoms with Gasteiger partial charge in [0.1, 0.15) is 17.0 Å². The smallest absolute Gasteiger partial charge is 0.227 e. The van der Waals surface area contributed by atoms with E-state index in [1.165, 1.54) is 7.11 Å². The van der Waals surface area contributed by atoms with E-state index < -0.39 is 0 Å². The zero-order valence-corrected chi connectivity index (χ0v) is 17.3. The van der Waals surface area contributed by atoms with Gasteiger partial charge >= 0.3 is 0 Å². The van der Waals surface area contributed by atoms with Crippen LogP contribution in [0.3, 0.4) is 0 Å². The molecule has 4 aromatic rings. The number of nitrogens with zero attached hydrogens (tertiary/aromatic N) is 2. The van der Waals surface area contributed by atoms with Crippen LogP contribution in [0.2, 0.25) is 0 Å². The monoisotopic (exact) mass is 452 g/mol. The molecule has 0 amide bonds. The van der Waals surface area contributed by atoms with E-state index in [-0.39, 0.29) is 5.75 Å². The van der Waals surface area contributed by atoms with Gasteiger partial charge in [0.2, 0.25) is 5.89 Å². The summed E-state index contributed by atoms with van der Waals surface area (Å²) >= 11 is 3.40. The Hall–Kier alpha value is -3.32. The second-order valence-electron chi connectivity index (χ2n) is 6.18. The number of aliphatic imine (C=N–C) groups is 1. The first-order valence-electron chi connectivity index (χ1n) is 8.73. The lowest BCUT2D eigenvalue weighted by Crippen LogP contribution is -1.90. The van der Waals surface area contributed by atoms with Crippen LogP contribution in [0.15, 0.2) is 68.5 Å². The lowest BCUT2D eigenvalue weighted by Gasteiger charge is -2.08. The van der Waals surface area contributed by atoms with Crippen molar-refractivity contribution in [1.82, 2.24) is 4.98 Å². The summed E-state index contributed by atoms with van der Waals surface area (Å²) < 4.78 is 17.2. The topological polar surface area (TPSA) is 77.1 Å². The number of para-hydroxylation sites is 2. The summed E-state index contributed by atoms with van der Waals surface area (Å²) in [5.41, 5.74) is 3.35. The highest BCUT2D eigenvalue weighted by molar-refractivity contribution is 9.10. The minimum atomic E-state index is 0.00789. The molecule has 0 bridgehead atoms. The number of fused-ring (bicyclic) bond motifs is 1. The number of aromatic hydroxyl groups is 1. The zero-order chi connectivity index (χ0) is 20.4. The average molecular weight is 453 g/mol. The van der Waals surface area contributed by atoms with E-state index in [4.69, 9.17) is 13.9 Å². The number of oxazole rings is 1. The molecule has 0 aliphatic rings. The molecule has 0 saturated heterocycles. The molecule has 0 spiro atoms. The van der Waals surface area contributed by atoms with Gasteiger partial charge in [0.15, 0.2) is 17.1 Å². The fourth-order valence-corrected chi connectivity index (χ4v) is 3.36. The van der Waals surface area contributed by atoms with Crippen molar-refractivity contribution < 1.29 is 19.0 Å². The van der Waals surface area contributed by atoms with Crippen LogP contribution in [0.1, 0.15) is 5.56 Å². The Morgan fingerprint density at radius 2 is 1.83 bits per heavy atom. The Balaban J connectivity index is 1.74. The summed E-state index contributed by atoms with van der Waals surface area (Å²) in [4.78, 5) is 9.03. The molecule has 0 unspecified atom stereocenters. The third-order valence-corrected chi connectivity index (χ3v) is 4.81. The molecule has 0 radical (unpaired) electrons. The molecular formula is C22H17BrN2O4. The molecule has 0 aliphatic heterocycles. The maximum absolute atomic E-state index is 10.3. The lowest BCUT2D eigenvalue weighted by atomic mass is 10.1.